The van der Waals surface area contributed by atoms with E-state index < -0.39 is 0 Å². The summed E-state index contributed by atoms with van der Waals surface area (Å²) in [6.45, 7) is 3.21. The molecular formula is C13H24ClN3. The fourth-order valence-corrected chi connectivity index (χ4v) is 2.18. The second-order valence-corrected chi connectivity index (χ2v) is 4.78. The third-order valence-electron chi connectivity index (χ3n) is 3.04. The lowest BCUT2D eigenvalue weighted by atomic mass is 10.1. The second kappa shape index (κ2) is 9.46. The van der Waals surface area contributed by atoms with Gasteiger partial charge in [0.05, 0.1) is 5.88 Å². The van der Waals surface area contributed by atoms with Crippen LogP contribution in [0.2, 0.25) is 0 Å². The molecular weight excluding hydrogens is 234 g/mol. The van der Waals surface area contributed by atoms with Crippen LogP contribution in [0.5, 0.6) is 0 Å². The van der Waals surface area contributed by atoms with Crippen molar-refractivity contribution in [2.75, 3.05) is 0 Å². The molecule has 0 amide bonds. The molecule has 4 heteroatoms. The number of aromatic nitrogens is 3. The van der Waals surface area contributed by atoms with Gasteiger partial charge in [-0.3, -0.25) is 0 Å². The first-order valence-electron chi connectivity index (χ1n) is 6.81. The fourth-order valence-electron chi connectivity index (χ4n) is 1.97. The van der Waals surface area contributed by atoms with Crippen LogP contribution in [-0.2, 0) is 12.4 Å². The van der Waals surface area contributed by atoms with Gasteiger partial charge in [-0.15, -0.1) is 11.6 Å². The van der Waals surface area contributed by atoms with Crippen molar-refractivity contribution in [2.45, 2.75) is 70.7 Å². The predicted octanol–water partition coefficient (Wildman–Crippen LogP) is 4.16. The number of aryl methyl sites for hydroxylation is 1. The number of nitrogens with zero attached hydrogens (tertiary/aromatic N) is 3. The van der Waals surface area contributed by atoms with E-state index in [9.17, 15) is 0 Å². The Balaban J connectivity index is 1.97. The molecule has 0 aliphatic heterocycles. The molecule has 3 nitrogen and oxygen atoms in total. The Hall–Kier alpha value is -0.570. The molecule has 0 unspecified atom stereocenters. The molecule has 0 saturated heterocycles. The fraction of sp³-hybridized carbons (Fsp3) is 0.846. The highest BCUT2D eigenvalue weighted by molar-refractivity contribution is 6.16. The zero-order chi connectivity index (χ0) is 12.3. The summed E-state index contributed by atoms with van der Waals surface area (Å²) in [7, 11) is 0. The first-order chi connectivity index (χ1) is 8.38. The summed E-state index contributed by atoms with van der Waals surface area (Å²) in [5.41, 5.74) is 0. The van der Waals surface area contributed by atoms with E-state index in [0.29, 0.717) is 5.88 Å². The van der Waals surface area contributed by atoms with Gasteiger partial charge in [0.15, 0.2) is 0 Å². The molecule has 0 N–H and O–H groups in total. The monoisotopic (exact) mass is 257 g/mol. The molecule has 0 fully saturated rings. The van der Waals surface area contributed by atoms with Gasteiger partial charge in [0.2, 0.25) is 0 Å². The highest BCUT2D eigenvalue weighted by Gasteiger charge is 2.01. The molecule has 1 heterocycles. The largest absolute Gasteiger partial charge is 0.249 e. The molecule has 0 aliphatic rings. The third kappa shape index (κ3) is 6.06. The number of hydrogen-bond acceptors (Lipinski definition) is 2. The first kappa shape index (κ1) is 14.5. The van der Waals surface area contributed by atoms with Crippen LogP contribution in [-0.4, -0.2) is 14.8 Å². The van der Waals surface area contributed by atoms with Crippen LogP contribution in [0.15, 0.2) is 6.33 Å². The lowest BCUT2D eigenvalue weighted by Gasteiger charge is -2.04. The Morgan fingerprint density at radius 1 is 1.06 bits per heavy atom. The Morgan fingerprint density at radius 3 is 2.35 bits per heavy atom. The van der Waals surface area contributed by atoms with Crippen molar-refractivity contribution in [1.82, 2.24) is 14.8 Å². The maximum atomic E-state index is 5.76. The predicted molar refractivity (Wildman–Crippen MR) is 72.2 cm³/mol. The number of rotatable bonds is 10. The number of unbranched alkanes of at least 4 members (excludes halogenated alkanes) is 7. The standard InChI is InChI=1S/C13H24ClN3/c1-2-3-4-5-6-7-8-9-10-17-13(11-14)15-12-16-17/h12H,2-11H2,1H3. The van der Waals surface area contributed by atoms with Crippen molar-refractivity contribution >= 4 is 11.6 Å². The van der Waals surface area contributed by atoms with Crippen LogP contribution in [0.4, 0.5) is 0 Å². The van der Waals surface area contributed by atoms with Gasteiger partial charge in [0, 0.05) is 6.54 Å². The Morgan fingerprint density at radius 2 is 1.71 bits per heavy atom. The minimum absolute atomic E-state index is 0.455. The minimum Gasteiger partial charge on any atom is -0.249 e. The van der Waals surface area contributed by atoms with Crippen molar-refractivity contribution in [3.8, 4) is 0 Å². The molecule has 0 atom stereocenters. The van der Waals surface area contributed by atoms with E-state index in [0.717, 1.165) is 12.4 Å². The van der Waals surface area contributed by atoms with Crippen molar-refractivity contribution < 1.29 is 0 Å². The lowest BCUT2D eigenvalue weighted by molar-refractivity contribution is 0.511. The molecule has 98 valence electrons. The van der Waals surface area contributed by atoms with Crippen molar-refractivity contribution in [1.29, 1.82) is 0 Å². The van der Waals surface area contributed by atoms with Crippen molar-refractivity contribution in [3.63, 3.8) is 0 Å². The van der Waals surface area contributed by atoms with Crippen LogP contribution in [0.25, 0.3) is 0 Å². The van der Waals surface area contributed by atoms with Gasteiger partial charge in [0.1, 0.15) is 12.2 Å². The average Bonchev–Trinajstić information content (AvgIpc) is 2.80. The summed E-state index contributed by atoms with van der Waals surface area (Å²) < 4.78 is 1.92. The van der Waals surface area contributed by atoms with E-state index in [-0.39, 0.29) is 0 Å². The van der Waals surface area contributed by atoms with Crippen LogP contribution >= 0.6 is 11.6 Å². The normalized spacial score (nSPS) is 10.9. The molecule has 17 heavy (non-hydrogen) atoms. The van der Waals surface area contributed by atoms with Gasteiger partial charge in [-0.25, -0.2) is 9.67 Å². The zero-order valence-corrected chi connectivity index (χ0v) is 11.6. The Bertz CT molecular complexity index is 286. The van der Waals surface area contributed by atoms with Gasteiger partial charge >= 0.3 is 0 Å². The van der Waals surface area contributed by atoms with Crippen molar-refractivity contribution in [2.24, 2.45) is 0 Å². The van der Waals surface area contributed by atoms with Gasteiger partial charge in [0.25, 0.3) is 0 Å². The maximum Gasteiger partial charge on any atom is 0.141 e. The van der Waals surface area contributed by atoms with Crippen LogP contribution < -0.4 is 0 Å². The van der Waals surface area contributed by atoms with E-state index in [1.807, 2.05) is 4.68 Å². The molecule has 0 radical (unpaired) electrons. The number of halogens is 1. The summed E-state index contributed by atoms with van der Waals surface area (Å²) in [6, 6.07) is 0. The zero-order valence-electron chi connectivity index (χ0n) is 10.9. The van der Waals surface area contributed by atoms with Crippen LogP contribution in [0, 0.1) is 0 Å². The van der Waals surface area contributed by atoms with Gasteiger partial charge in [-0.2, -0.15) is 5.10 Å². The molecule has 1 aromatic rings. The summed E-state index contributed by atoms with van der Waals surface area (Å²) in [5.74, 6) is 1.34. The van der Waals surface area contributed by atoms with Gasteiger partial charge in [-0.05, 0) is 6.42 Å². The second-order valence-electron chi connectivity index (χ2n) is 4.51. The summed E-state index contributed by atoms with van der Waals surface area (Å²) in [4.78, 5) is 4.10. The van der Waals surface area contributed by atoms with E-state index in [1.165, 1.54) is 51.4 Å². The van der Waals surface area contributed by atoms with Gasteiger partial charge in [-0.1, -0.05) is 51.9 Å². The SMILES string of the molecule is CCCCCCCCCCn1ncnc1CCl. The average molecular weight is 258 g/mol. The quantitative estimate of drug-likeness (QED) is 0.466. The van der Waals surface area contributed by atoms with E-state index in [4.69, 9.17) is 11.6 Å². The Labute approximate surface area is 110 Å². The van der Waals surface area contributed by atoms with Crippen molar-refractivity contribution in [3.05, 3.63) is 12.2 Å². The highest BCUT2D eigenvalue weighted by atomic mass is 35.5. The molecule has 0 aromatic carbocycles. The number of hydrogen-bond donors (Lipinski definition) is 0. The summed E-state index contributed by atoms with van der Waals surface area (Å²) in [5, 5.41) is 4.17. The van der Waals surface area contributed by atoms with E-state index >= 15 is 0 Å². The van der Waals surface area contributed by atoms with Gasteiger partial charge < -0.3 is 0 Å². The van der Waals surface area contributed by atoms with E-state index in [1.54, 1.807) is 6.33 Å². The number of alkyl halides is 1. The third-order valence-corrected chi connectivity index (χ3v) is 3.28. The smallest absolute Gasteiger partial charge is 0.141 e. The Kier molecular flexibility index (Phi) is 8.06. The molecule has 0 spiro atoms. The molecule has 0 saturated carbocycles. The van der Waals surface area contributed by atoms with Crippen LogP contribution in [0.1, 0.15) is 64.1 Å². The molecule has 1 aromatic heterocycles. The lowest BCUT2D eigenvalue weighted by Crippen LogP contribution is -2.04. The maximum absolute atomic E-state index is 5.76. The molecule has 1 rings (SSSR count). The molecule has 0 bridgehead atoms. The molecule has 0 aliphatic carbocycles. The topological polar surface area (TPSA) is 30.7 Å². The summed E-state index contributed by atoms with van der Waals surface area (Å²) in [6.07, 6.45) is 12.3. The first-order valence-corrected chi connectivity index (χ1v) is 7.34. The highest BCUT2D eigenvalue weighted by Crippen LogP contribution is 2.09. The van der Waals surface area contributed by atoms with Crippen LogP contribution in [0.3, 0.4) is 0 Å². The summed E-state index contributed by atoms with van der Waals surface area (Å²) >= 11 is 5.76. The minimum atomic E-state index is 0.455. The van der Waals surface area contributed by atoms with E-state index in [2.05, 4.69) is 17.0 Å².